The maximum atomic E-state index is 14.1. The highest BCUT2D eigenvalue weighted by Crippen LogP contribution is 2.39. The predicted molar refractivity (Wildman–Crippen MR) is 133 cm³/mol. The van der Waals surface area contributed by atoms with E-state index < -0.39 is 35.3 Å². The molecule has 0 N–H and O–H groups in total. The van der Waals surface area contributed by atoms with Gasteiger partial charge in [-0.15, -0.1) is 0 Å². The lowest BCUT2D eigenvalue weighted by atomic mass is 9.79. The summed E-state index contributed by atoms with van der Waals surface area (Å²) in [6.45, 7) is 3.13. The molecular formula is C29H28N2O5. The summed E-state index contributed by atoms with van der Waals surface area (Å²) in [6, 6.07) is 26.2. The van der Waals surface area contributed by atoms with Crippen LogP contribution in [0.15, 0.2) is 91.0 Å². The van der Waals surface area contributed by atoms with E-state index >= 15 is 0 Å². The van der Waals surface area contributed by atoms with Gasteiger partial charge in [0.2, 0.25) is 0 Å². The van der Waals surface area contributed by atoms with Crippen molar-refractivity contribution in [2.45, 2.75) is 44.9 Å². The van der Waals surface area contributed by atoms with Crippen LogP contribution in [0.3, 0.4) is 0 Å². The summed E-state index contributed by atoms with van der Waals surface area (Å²) in [5.74, 6) is -3.24. The van der Waals surface area contributed by atoms with Crippen LogP contribution in [0.4, 0.5) is 4.79 Å². The largest absolute Gasteiger partial charge is 0.438 e. The molecule has 4 rings (SSSR count). The number of rotatable bonds is 8. The van der Waals surface area contributed by atoms with E-state index in [9.17, 15) is 19.2 Å². The molecule has 0 radical (unpaired) electrons. The van der Waals surface area contributed by atoms with E-state index in [0.717, 1.165) is 9.80 Å². The predicted octanol–water partition coefficient (Wildman–Crippen LogP) is 4.67. The van der Waals surface area contributed by atoms with E-state index in [1.54, 1.807) is 86.6 Å². The Kier molecular flexibility index (Phi) is 7.29. The van der Waals surface area contributed by atoms with Crippen molar-refractivity contribution in [3.63, 3.8) is 0 Å². The minimum absolute atomic E-state index is 0.0326. The third kappa shape index (κ3) is 4.64. The number of hydrogen-bond donors (Lipinski definition) is 0. The van der Waals surface area contributed by atoms with Crippen LogP contribution in [-0.2, 0) is 32.2 Å². The lowest BCUT2D eigenvalue weighted by Crippen LogP contribution is -2.71. The van der Waals surface area contributed by atoms with Gasteiger partial charge < -0.3 is 4.74 Å². The molecular weight excluding hydrogens is 456 g/mol. The molecule has 0 aromatic heterocycles. The molecule has 1 fully saturated rings. The SMILES string of the molecule is CCC(=O)OC1(C(C)c2ccccc2)C(=O)N(Cc2ccccc2)C(=O)N(Cc2ccccc2)C1=O. The van der Waals surface area contributed by atoms with E-state index in [4.69, 9.17) is 4.74 Å². The summed E-state index contributed by atoms with van der Waals surface area (Å²) in [5, 5.41) is 0. The van der Waals surface area contributed by atoms with Gasteiger partial charge in [-0.25, -0.2) is 4.79 Å². The number of esters is 1. The average molecular weight is 485 g/mol. The Balaban J connectivity index is 1.86. The first-order chi connectivity index (χ1) is 17.4. The monoisotopic (exact) mass is 484 g/mol. The highest BCUT2D eigenvalue weighted by atomic mass is 16.6. The van der Waals surface area contributed by atoms with Gasteiger partial charge in [0.25, 0.3) is 17.4 Å². The number of barbiturate groups is 1. The van der Waals surface area contributed by atoms with Crippen molar-refractivity contribution in [1.82, 2.24) is 9.80 Å². The Hall–Kier alpha value is -4.26. The van der Waals surface area contributed by atoms with Gasteiger partial charge in [0, 0.05) is 12.3 Å². The summed E-state index contributed by atoms with van der Waals surface area (Å²) in [5.41, 5.74) is -0.185. The molecule has 1 saturated heterocycles. The standard InChI is InChI=1S/C29H28N2O5/c1-3-25(32)36-29(21(2)24-17-11-6-12-18-24)26(33)30(19-22-13-7-4-8-14-22)28(35)31(27(29)34)20-23-15-9-5-10-16-23/h4-18,21H,3,19-20H2,1-2H3. The molecule has 1 aliphatic rings. The van der Waals surface area contributed by atoms with Crippen LogP contribution in [0.25, 0.3) is 0 Å². The molecule has 0 spiro atoms. The van der Waals surface area contributed by atoms with Crippen molar-refractivity contribution in [2.24, 2.45) is 0 Å². The van der Waals surface area contributed by atoms with E-state index in [2.05, 4.69) is 0 Å². The van der Waals surface area contributed by atoms with Crippen molar-refractivity contribution in [3.05, 3.63) is 108 Å². The molecule has 0 bridgehead atoms. The summed E-state index contributed by atoms with van der Waals surface area (Å²) in [4.78, 5) is 56.6. The molecule has 3 aromatic rings. The number of ether oxygens (including phenoxy) is 1. The topological polar surface area (TPSA) is 84.0 Å². The molecule has 0 saturated carbocycles. The maximum absolute atomic E-state index is 14.1. The fourth-order valence-electron chi connectivity index (χ4n) is 4.40. The zero-order valence-electron chi connectivity index (χ0n) is 20.3. The third-order valence-corrected chi connectivity index (χ3v) is 6.43. The molecule has 1 atom stereocenters. The fourth-order valence-corrected chi connectivity index (χ4v) is 4.40. The second kappa shape index (κ2) is 10.6. The number of carbonyl (C=O) groups excluding carboxylic acids is 4. The number of imide groups is 2. The summed E-state index contributed by atoms with van der Waals surface area (Å²) in [7, 11) is 0. The van der Waals surface area contributed by atoms with Gasteiger partial charge in [0.05, 0.1) is 13.1 Å². The van der Waals surface area contributed by atoms with Crippen LogP contribution in [0.1, 0.15) is 42.9 Å². The van der Waals surface area contributed by atoms with Crippen LogP contribution >= 0.6 is 0 Å². The molecule has 7 heteroatoms. The number of benzene rings is 3. The molecule has 1 heterocycles. The second-order valence-corrected chi connectivity index (χ2v) is 8.73. The van der Waals surface area contributed by atoms with Crippen molar-refractivity contribution in [2.75, 3.05) is 0 Å². The molecule has 4 amide bonds. The van der Waals surface area contributed by atoms with Crippen molar-refractivity contribution in [3.8, 4) is 0 Å². The Morgan fingerprint density at radius 3 is 1.58 bits per heavy atom. The molecule has 1 unspecified atom stereocenters. The molecule has 36 heavy (non-hydrogen) atoms. The number of hydrogen-bond acceptors (Lipinski definition) is 5. The van der Waals surface area contributed by atoms with Gasteiger partial charge in [-0.1, -0.05) is 105 Å². The van der Waals surface area contributed by atoms with Gasteiger partial charge in [0.15, 0.2) is 0 Å². The van der Waals surface area contributed by atoms with Crippen LogP contribution < -0.4 is 0 Å². The van der Waals surface area contributed by atoms with Gasteiger partial charge in [-0.3, -0.25) is 24.2 Å². The van der Waals surface area contributed by atoms with E-state index in [1.807, 2.05) is 18.2 Å². The summed E-state index contributed by atoms with van der Waals surface area (Å²) in [6.07, 6.45) is -0.0326. The van der Waals surface area contributed by atoms with Gasteiger partial charge in [-0.05, 0) is 16.7 Å². The number of amides is 4. The summed E-state index contributed by atoms with van der Waals surface area (Å²) >= 11 is 0. The molecule has 3 aromatic carbocycles. The maximum Gasteiger partial charge on any atom is 0.334 e. The van der Waals surface area contributed by atoms with Gasteiger partial charge >= 0.3 is 12.0 Å². The highest BCUT2D eigenvalue weighted by Gasteiger charge is 2.63. The summed E-state index contributed by atoms with van der Waals surface area (Å²) < 4.78 is 5.78. The number of urea groups is 1. The van der Waals surface area contributed by atoms with Crippen molar-refractivity contribution < 1.29 is 23.9 Å². The van der Waals surface area contributed by atoms with Crippen molar-refractivity contribution in [1.29, 1.82) is 0 Å². The Morgan fingerprint density at radius 1 is 0.750 bits per heavy atom. The lowest BCUT2D eigenvalue weighted by molar-refractivity contribution is -0.189. The second-order valence-electron chi connectivity index (χ2n) is 8.73. The smallest absolute Gasteiger partial charge is 0.334 e. The first kappa shape index (κ1) is 24.9. The quantitative estimate of drug-likeness (QED) is 0.343. The highest BCUT2D eigenvalue weighted by molar-refractivity contribution is 6.22. The van der Waals surface area contributed by atoms with E-state index in [0.29, 0.717) is 16.7 Å². The Bertz CT molecular complexity index is 1180. The normalized spacial score (nSPS) is 16.1. The Labute approximate surface area is 210 Å². The minimum Gasteiger partial charge on any atom is -0.438 e. The Morgan fingerprint density at radius 2 is 1.17 bits per heavy atom. The van der Waals surface area contributed by atoms with Crippen molar-refractivity contribution >= 4 is 23.8 Å². The van der Waals surface area contributed by atoms with Crippen LogP contribution in [-0.4, -0.2) is 39.2 Å². The van der Waals surface area contributed by atoms with Crippen LogP contribution in [0.5, 0.6) is 0 Å². The molecule has 184 valence electrons. The molecule has 1 aliphatic heterocycles. The molecule has 0 aliphatic carbocycles. The zero-order valence-corrected chi connectivity index (χ0v) is 20.3. The first-order valence-electron chi connectivity index (χ1n) is 11.9. The lowest BCUT2D eigenvalue weighted by Gasteiger charge is -2.45. The third-order valence-electron chi connectivity index (χ3n) is 6.43. The van der Waals surface area contributed by atoms with Crippen LogP contribution in [0, 0.1) is 0 Å². The zero-order chi connectivity index (χ0) is 25.7. The average Bonchev–Trinajstić information content (AvgIpc) is 2.92. The number of carbonyl (C=O) groups is 4. The first-order valence-corrected chi connectivity index (χ1v) is 11.9. The van der Waals surface area contributed by atoms with Crippen LogP contribution in [0.2, 0.25) is 0 Å². The van der Waals surface area contributed by atoms with E-state index in [1.165, 1.54) is 0 Å². The fraction of sp³-hybridized carbons (Fsp3) is 0.241. The van der Waals surface area contributed by atoms with Gasteiger partial charge in [0.1, 0.15) is 0 Å². The van der Waals surface area contributed by atoms with Gasteiger partial charge in [-0.2, -0.15) is 0 Å². The minimum atomic E-state index is -2.23. The molecule has 7 nitrogen and oxygen atoms in total. The van der Waals surface area contributed by atoms with E-state index in [-0.39, 0.29) is 19.5 Å². The number of nitrogens with zero attached hydrogens (tertiary/aromatic N) is 2.